The molecule has 59 valence electrons. The van der Waals surface area contributed by atoms with Gasteiger partial charge in [0.05, 0.1) is 0 Å². The summed E-state index contributed by atoms with van der Waals surface area (Å²) in [7, 11) is 0. The Balaban J connectivity index is 2.51. The van der Waals surface area contributed by atoms with Crippen LogP contribution in [0.15, 0.2) is 35.7 Å². The quantitative estimate of drug-likeness (QED) is 0.645. The van der Waals surface area contributed by atoms with Crippen LogP contribution in [0.2, 0.25) is 4.34 Å². The normalized spacial score (nSPS) is 10.1. The van der Waals surface area contributed by atoms with E-state index in [4.69, 9.17) is 11.6 Å². The highest BCUT2D eigenvalue weighted by atomic mass is 35.5. The average molecular weight is 194 g/mol. The topological polar surface area (TPSA) is 0 Å². The molecular formula is C10H6ClS. The molecule has 1 radical (unpaired) electrons. The Bertz CT molecular complexity index is 364. The third kappa shape index (κ3) is 1.38. The number of rotatable bonds is 1. The van der Waals surface area contributed by atoms with E-state index >= 15 is 0 Å². The molecule has 2 aromatic rings. The molecule has 1 heterocycles. The van der Waals surface area contributed by atoms with Crippen LogP contribution in [0.25, 0.3) is 11.1 Å². The van der Waals surface area contributed by atoms with Crippen LogP contribution in [0.4, 0.5) is 0 Å². The van der Waals surface area contributed by atoms with Crippen molar-refractivity contribution in [2.75, 3.05) is 0 Å². The van der Waals surface area contributed by atoms with Gasteiger partial charge >= 0.3 is 0 Å². The van der Waals surface area contributed by atoms with Crippen molar-refractivity contribution < 1.29 is 0 Å². The molecule has 0 aliphatic carbocycles. The number of thiophene rings is 1. The molecule has 1 aromatic carbocycles. The van der Waals surface area contributed by atoms with Gasteiger partial charge in [-0.15, -0.1) is 11.3 Å². The lowest BCUT2D eigenvalue weighted by Gasteiger charge is -1.95. The molecule has 0 fully saturated rings. The zero-order valence-electron chi connectivity index (χ0n) is 6.25. The average Bonchev–Trinajstić information content (AvgIpc) is 2.53. The third-order valence-corrected chi connectivity index (χ3v) is 2.79. The minimum absolute atomic E-state index is 0.831. The van der Waals surface area contributed by atoms with Gasteiger partial charge in [-0.1, -0.05) is 35.9 Å². The molecule has 0 bridgehead atoms. The maximum absolute atomic E-state index is 5.97. The van der Waals surface area contributed by atoms with E-state index in [1.54, 1.807) is 11.3 Å². The Morgan fingerprint density at radius 3 is 2.75 bits per heavy atom. The van der Waals surface area contributed by atoms with Crippen molar-refractivity contribution in [1.82, 2.24) is 0 Å². The first-order valence-corrected chi connectivity index (χ1v) is 4.84. The highest BCUT2D eigenvalue weighted by Crippen LogP contribution is 2.31. The van der Waals surface area contributed by atoms with Gasteiger partial charge in [-0.05, 0) is 23.1 Å². The van der Waals surface area contributed by atoms with Gasteiger partial charge < -0.3 is 0 Å². The standard InChI is InChI=1S/C10H6ClS/c11-10-9(6-7-12-10)8-4-2-1-3-5-8/h1-4,6-7H. The van der Waals surface area contributed by atoms with Gasteiger partial charge in [0.2, 0.25) is 0 Å². The van der Waals surface area contributed by atoms with Crippen molar-refractivity contribution in [3.8, 4) is 11.1 Å². The van der Waals surface area contributed by atoms with E-state index in [2.05, 4.69) is 6.07 Å². The first kappa shape index (κ1) is 7.84. The SMILES string of the molecule is Clc1sccc1-c1[c]cccc1. The van der Waals surface area contributed by atoms with Crippen LogP contribution < -0.4 is 0 Å². The van der Waals surface area contributed by atoms with E-state index in [-0.39, 0.29) is 0 Å². The minimum Gasteiger partial charge on any atom is -0.131 e. The smallest absolute Gasteiger partial charge is 0.101 e. The Hall–Kier alpha value is -0.790. The summed E-state index contributed by atoms with van der Waals surface area (Å²) in [4.78, 5) is 0. The van der Waals surface area contributed by atoms with E-state index in [1.165, 1.54) is 0 Å². The highest BCUT2D eigenvalue weighted by molar-refractivity contribution is 7.15. The summed E-state index contributed by atoms with van der Waals surface area (Å²) in [6.07, 6.45) is 0. The van der Waals surface area contributed by atoms with E-state index in [0.29, 0.717) is 0 Å². The van der Waals surface area contributed by atoms with Crippen LogP contribution in [0, 0.1) is 6.07 Å². The Morgan fingerprint density at radius 2 is 2.17 bits per heavy atom. The lowest BCUT2D eigenvalue weighted by molar-refractivity contribution is 1.66. The first-order chi connectivity index (χ1) is 5.88. The lowest BCUT2D eigenvalue weighted by Crippen LogP contribution is -1.71. The van der Waals surface area contributed by atoms with Crippen molar-refractivity contribution >= 4 is 22.9 Å². The molecule has 12 heavy (non-hydrogen) atoms. The lowest BCUT2D eigenvalue weighted by atomic mass is 10.1. The van der Waals surface area contributed by atoms with Gasteiger partial charge in [-0.2, -0.15) is 0 Å². The van der Waals surface area contributed by atoms with E-state index in [0.717, 1.165) is 15.5 Å². The molecule has 0 saturated carbocycles. The second-order valence-corrected chi connectivity index (χ2v) is 3.90. The second-order valence-electron chi connectivity index (χ2n) is 2.38. The number of hydrogen-bond donors (Lipinski definition) is 0. The molecule has 0 nitrogen and oxygen atoms in total. The van der Waals surface area contributed by atoms with Gasteiger partial charge in [-0.3, -0.25) is 0 Å². The molecule has 2 rings (SSSR count). The number of halogens is 1. The monoisotopic (exact) mass is 193 g/mol. The Morgan fingerprint density at radius 1 is 1.25 bits per heavy atom. The largest absolute Gasteiger partial charge is 0.131 e. The highest BCUT2D eigenvalue weighted by Gasteiger charge is 2.02. The summed E-state index contributed by atoms with van der Waals surface area (Å²) in [6.45, 7) is 0. The fraction of sp³-hybridized carbons (Fsp3) is 0. The van der Waals surface area contributed by atoms with Crippen LogP contribution in [-0.2, 0) is 0 Å². The predicted molar refractivity (Wildman–Crippen MR) is 53.6 cm³/mol. The summed E-state index contributed by atoms with van der Waals surface area (Å²) in [5.74, 6) is 0. The summed E-state index contributed by atoms with van der Waals surface area (Å²) in [5, 5.41) is 1.98. The number of hydrogen-bond acceptors (Lipinski definition) is 1. The molecule has 0 atom stereocenters. The van der Waals surface area contributed by atoms with Crippen LogP contribution in [-0.4, -0.2) is 0 Å². The maximum Gasteiger partial charge on any atom is 0.101 e. The van der Waals surface area contributed by atoms with Crippen LogP contribution in [0.5, 0.6) is 0 Å². The minimum atomic E-state index is 0.831. The number of benzene rings is 1. The first-order valence-electron chi connectivity index (χ1n) is 3.58. The molecule has 1 aromatic heterocycles. The third-order valence-electron chi connectivity index (χ3n) is 1.62. The molecular weight excluding hydrogens is 188 g/mol. The van der Waals surface area contributed by atoms with E-state index < -0.39 is 0 Å². The summed E-state index contributed by atoms with van der Waals surface area (Å²) >= 11 is 7.52. The molecule has 0 saturated heterocycles. The van der Waals surface area contributed by atoms with Crippen LogP contribution in [0.3, 0.4) is 0 Å². The summed E-state index contributed by atoms with van der Waals surface area (Å²) in [5.41, 5.74) is 2.13. The van der Waals surface area contributed by atoms with Gasteiger partial charge in [0.25, 0.3) is 0 Å². The van der Waals surface area contributed by atoms with Gasteiger partial charge in [-0.25, -0.2) is 0 Å². The fourth-order valence-electron chi connectivity index (χ4n) is 1.05. The van der Waals surface area contributed by atoms with Gasteiger partial charge in [0.15, 0.2) is 0 Å². The Labute approximate surface area is 80.4 Å². The van der Waals surface area contributed by atoms with Gasteiger partial charge in [0.1, 0.15) is 4.34 Å². The van der Waals surface area contributed by atoms with Crippen molar-refractivity contribution in [2.24, 2.45) is 0 Å². The van der Waals surface area contributed by atoms with Crippen LogP contribution >= 0.6 is 22.9 Å². The maximum atomic E-state index is 5.97. The zero-order valence-corrected chi connectivity index (χ0v) is 7.82. The molecule has 2 heteroatoms. The summed E-state index contributed by atoms with van der Waals surface area (Å²) < 4.78 is 0.831. The van der Waals surface area contributed by atoms with Crippen molar-refractivity contribution in [2.45, 2.75) is 0 Å². The molecule has 0 spiro atoms. The van der Waals surface area contributed by atoms with Crippen molar-refractivity contribution in [3.63, 3.8) is 0 Å². The predicted octanol–water partition coefficient (Wildman–Crippen LogP) is 3.87. The molecule has 0 N–H and O–H groups in total. The summed E-state index contributed by atoms with van der Waals surface area (Å²) in [6, 6.07) is 13.0. The van der Waals surface area contributed by atoms with E-state index in [1.807, 2.05) is 35.7 Å². The van der Waals surface area contributed by atoms with Crippen LogP contribution in [0.1, 0.15) is 0 Å². The zero-order chi connectivity index (χ0) is 8.39. The molecule has 0 amide bonds. The molecule has 0 aliphatic heterocycles. The molecule has 0 unspecified atom stereocenters. The fourth-order valence-corrected chi connectivity index (χ4v) is 1.99. The van der Waals surface area contributed by atoms with Crippen molar-refractivity contribution in [3.05, 3.63) is 46.1 Å². The molecule has 0 aliphatic rings. The van der Waals surface area contributed by atoms with Gasteiger partial charge in [0, 0.05) is 5.56 Å². The second kappa shape index (κ2) is 3.30. The van der Waals surface area contributed by atoms with Crippen molar-refractivity contribution in [1.29, 1.82) is 0 Å². The van der Waals surface area contributed by atoms with E-state index in [9.17, 15) is 0 Å². The Kier molecular flexibility index (Phi) is 2.15.